The summed E-state index contributed by atoms with van der Waals surface area (Å²) in [5.74, 6) is 0.141. The van der Waals surface area contributed by atoms with Gasteiger partial charge in [-0.15, -0.1) is 0 Å². The molecule has 0 saturated carbocycles. The minimum absolute atomic E-state index is 0.0482. The molecule has 110 valence electrons. The molecule has 21 heavy (non-hydrogen) atoms. The molecule has 1 aliphatic rings. The molecule has 0 bridgehead atoms. The van der Waals surface area contributed by atoms with Gasteiger partial charge in [0.1, 0.15) is 0 Å². The molecular weight excluding hydrogens is 336 g/mol. The Balaban J connectivity index is 1.75. The molecule has 1 aliphatic heterocycles. The highest BCUT2D eigenvalue weighted by Gasteiger charge is 2.24. The molecule has 3 rings (SSSR count). The predicted octanol–water partition coefficient (Wildman–Crippen LogP) is 2.82. The van der Waals surface area contributed by atoms with Gasteiger partial charge in [0, 0.05) is 4.47 Å². The summed E-state index contributed by atoms with van der Waals surface area (Å²) in [5.41, 5.74) is 1.72. The largest absolute Gasteiger partial charge is 0.337 e. The van der Waals surface area contributed by atoms with Crippen molar-refractivity contribution in [3.63, 3.8) is 0 Å². The number of halogens is 1. The summed E-state index contributed by atoms with van der Waals surface area (Å²) in [7, 11) is 0. The van der Waals surface area contributed by atoms with Crippen LogP contribution in [-0.4, -0.2) is 22.6 Å². The summed E-state index contributed by atoms with van der Waals surface area (Å²) in [4.78, 5) is 16.3. The van der Waals surface area contributed by atoms with E-state index in [1.165, 1.54) is 0 Å². The number of aryl methyl sites for hydroxylation is 1. The van der Waals surface area contributed by atoms with Crippen molar-refractivity contribution in [3.8, 4) is 0 Å². The fourth-order valence-corrected chi connectivity index (χ4v) is 2.65. The zero-order valence-corrected chi connectivity index (χ0v) is 13.1. The van der Waals surface area contributed by atoms with Crippen LogP contribution in [0.3, 0.4) is 0 Å². The number of carbonyl (C=O) groups excluding carboxylic acids is 1. The Bertz CT molecular complexity index is 665. The number of hydrogen-bond acceptors (Lipinski definition) is 5. The van der Waals surface area contributed by atoms with Gasteiger partial charge in [-0.2, -0.15) is 4.98 Å². The number of anilines is 1. The van der Waals surface area contributed by atoms with Crippen LogP contribution in [0.5, 0.6) is 0 Å². The Kier molecular flexibility index (Phi) is 4.03. The zero-order valence-electron chi connectivity index (χ0n) is 11.5. The number of nitrogens with zero attached hydrogens (tertiary/aromatic N) is 2. The molecular formula is C14H15BrN4O2. The summed E-state index contributed by atoms with van der Waals surface area (Å²) in [6.07, 6.45) is 2.03. The zero-order chi connectivity index (χ0) is 14.8. The fraction of sp³-hybridized carbons (Fsp3) is 0.357. The van der Waals surface area contributed by atoms with Crippen LogP contribution in [0.4, 0.5) is 5.69 Å². The van der Waals surface area contributed by atoms with E-state index in [4.69, 9.17) is 4.52 Å². The van der Waals surface area contributed by atoms with Crippen LogP contribution < -0.4 is 10.6 Å². The third-order valence-corrected chi connectivity index (χ3v) is 4.50. The highest BCUT2D eigenvalue weighted by molar-refractivity contribution is 9.10. The lowest BCUT2D eigenvalue weighted by Crippen LogP contribution is -2.16. The molecule has 2 heterocycles. The molecule has 6 nitrogen and oxygen atoms in total. The molecule has 1 saturated heterocycles. The van der Waals surface area contributed by atoms with Crippen molar-refractivity contribution in [1.82, 2.24) is 15.5 Å². The van der Waals surface area contributed by atoms with Gasteiger partial charge in [0.15, 0.2) is 0 Å². The van der Waals surface area contributed by atoms with E-state index in [1.54, 1.807) is 0 Å². The van der Waals surface area contributed by atoms with Crippen LogP contribution in [0.1, 0.15) is 41.0 Å². The molecule has 7 heteroatoms. The van der Waals surface area contributed by atoms with Crippen LogP contribution in [-0.2, 0) is 0 Å². The Labute approximate surface area is 130 Å². The van der Waals surface area contributed by atoms with Gasteiger partial charge in [-0.05, 0) is 53.9 Å². The van der Waals surface area contributed by atoms with Gasteiger partial charge in [0.05, 0.1) is 11.7 Å². The van der Waals surface area contributed by atoms with Gasteiger partial charge in [-0.3, -0.25) is 4.79 Å². The molecule has 2 N–H and O–H groups in total. The van der Waals surface area contributed by atoms with Crippen molar-refractivity contribution in [2.75, 3.05) is 11.9 Å². The van der Waals surface area contributed by atoms with Gasteiger partial charge in [0.25, 0.3) is 11.7 Å². The average molecular weight is 351 g/mol. The maximum atomic E-state index is 12.2. The topological polar surface area (TPSA) is 80.0 Å². The van der Waals surface area contributed by atoms with Crippen molar-refractivity contribution in [1.29, 1.82) is 0 Å². The molecule has 2 aromatic rings. The Morgan fingerprint density at radius 2 is 2.38 bits per heavy atom. The second-order valence-electron chi connectivity index (χ2n) is 5.00. The van der Waals surface area contributed by atoms with E-state index in [0.29, 0.717) is 11.6 Å². The first kappa shape index (κ1) is 14.2. The van der Waals surface area contributed by atoms with Gasteiger partial charge >= 0.3 is 0 Å². The summed E-state index contributed by atoms with van der Waals surface area (Å²) in [6.45, 7) is 2.89. The summed E-state index contributed by atoms with van der Waals surface area (Å²) in [6, 6.07) is 5.71. The van der Waals surface area contributed by atoms with Crippen molar-refractivity contribution >= 4 is 27.5 Å². The highest BCUT2D eigenvalue weighted by atomic mass is 79.9. The van der Waals surface area contributed by atoms with E-state index >= 15 is 0 Å². The van der Waals surface area contributed by atoms with Crippen molar-refractivity contribution < 1.29 is 9.32 Å². The molecule has 1 fully saturated rings. The maximum absolute atomic E-state index is 12.2. The Morgan fingerprint density at radius 1 is 1.52 bits per heavy atom. The number of hydrogen-bond donors (Lipinski definition) is 2. The van der Waals surface area contributed by atoms with Gasteiger partial charge in [0.2, 0.25) is 5.89 Å². The molecule has 0 radical (unpaired) electrons. The summed E-state index contributed by atoms with van der Waals surface area (Å²) >= 11 is 3.45. The number of nitrogens with one attached hydrogen (secondary N) is 2. The Morgan fingerprint density at radius 3 is 3.14 bits per heavy atom. The first-order valence-electron chi connectivity index (χ1n) is 6.78. The van der Waals surface area contributed by atoms with Gasteiger partial charge < -0.3 is 15.2 Å². The van der Waals surface area contributed by atoms with E-state index in [1.807, 2.05) is 25.1 Å². The highest BCUT2D eigenvalue weighted by Crippen LogP contribution is 2.26. The number of aromatic nitrogens is 2. The normalized spacial score (nSPS) is 17.9. The lowest BCUT2D eigenvalue weighted by Gasteiger charge is -2.07. The second kappa shape index (κ2) is 5.95. The van der Waals surface area contributed by atoms with Crippen molar-refractivity contribution in [3.05, 3.63) is 40.0 Å². The minimum Gasteiger partial charge on any atom is -0.337 e. The number of benzene rings is 1. The Hall–Kier alpha value is -1.73. The molecule has 0 spiro atoms. The molecule has 1 unspecified atom stereocenters. The van der Waals surface area contributed by atoms with Crippen LogP contribution in [0.25, 0.3) is 0 Å². The first-order chi connectivity index (χ1) is 10.1. The lowest BCUT2D eigenvalue weighted by atomic mass is 10.2. The monoisotopic (exact) mass is 350 g/mol. The SMILES string of the molecule is Cc1cccc(NC(=O)c2noc(C3CCCN3)n2)c1Br. The van der Waals surface area contributed by atoms with Crippen LogP contribution in [0.2, 0.25) is 0 Å². The summed E-state index contributed by atoms with van der Waals surface area (Å²) in [5, 5.41) is 9.79. The standard InChI is InChI=1S/C14H15BrN4O2/c1-8-4-2-5-9(11(8)15)17-13(20)12-18-14(21-19-12)10-6-3-7-16-10/h2,4-5,10,16H,3,6-7H2,1H3,(H,17,20). The van der Waals surface area contributed by atoms with E-state index < -0.39 is 0 Å². The smallest absolute Gasteiger partial charge is 0.297 e. The van der Waals surface area contributed by atoms with E-state index in [9.17, 15) is 4.79 Å². The van der Waals surface area contributed by atoms with Gasteiger partial charge in [-0.25, -0.2) is 0 Å². The molecule has 1 aromatic heterocycles. The molecule has 0 aliphatic carbocycles. The fourth-order valence-electron chi connectivity index (χ4n) is 2.29. The average Bonchev–Trinajstić information content (AvgIpc) is 3.13. The van der Waals surface area contributed by atoms with Gasteiger partial charge in [-0.1, -0.05) is 17.3 Å². The molecule has 1 amide bonds. The van der Waals surface area contributed by atoms with Crippen LogP contribution >= 0.6 is 15.9 Å². The predicted molar refractivity (Wildman–Crippen MR) is 81.1 cm³/mol. The van der Waals surface area contributed by atoms with Crippen LogP contribution in [0.15, 0.2) is 27.2 Å². The van der Waals surface area contributed by atoms with Crippen LogP contribution in [0, 0.1) is 6.92 Å². The quantitative estimate of drug-likeness (QED) is 0.889. The minimum atomic E-state index is -0.380. The van der Waals surface area contributed by atoms with E-state index in [0.717, 1.165) is 29.4 Å². The number of carbonyl (C=O) groups is 1. The third kappa shape index (κ3) is 2.98. The van der Waals surface area contributed by atoms with E-state index in [2.05, 4.69) is 36.7 Å². The maximum Gasteiger partial charge on any atom is 0.297 e. The van der Waals surface area contributed by atoms with Crippen molar-refractivity contribution in [2.45, 2.75) is 25.8 Å². The third-order valence-electron chi connectivity index (χ3n) is 3.44. The molecule has 1 aromatic carbocycles. The van der Waals surface area contributed by atoms with Crippen molar-refractivity contribution in [2.24, 2.45) is 0 Å². The number of amides is 1. The first-order valence-corrected chi connectivity index (χ1v) is 7.58. The summed E-state index contributed by atoms with van der Waals surface area (Å²) < 4.78 is 6.01. The molecule has 1 atom stereocenters. The lowest BCUT2D eigenvalue weighted by molar-refractivity contribution is 0.101. The van der Waals surface area contributed by atoms with E-state index in [-0.39, 0.29) is 17.8 Å². The second-order valence-corrected chi connectivity index (χ2v) is 5.79. The number of rotatable bonds is 3.